The van der Waals surface area contributed by atoms with Crippen LogP contribution in [0.15, 0.2) is 50.0 Å². The number of carbonyl (C=O) groups excluding carboxylic acids is 3. The number of hydrogen-bond acceptors (Lipinski definition) is 9. The molecule has 0 unspecified atom stereocenters. The molecule has 1 aliphatic heterocycles. The van der Waals surface area contributed by atoms with Gasteiger partial charge in [-0.2, -0.15) is 0 Å². The molecule has 10 nitrogen and oxygen atoms in total. The highest BCUT2D eigenvalue weighted by molar-refractivity contribution is 5.92. The number of aryl methyl sites for hydroxylation is 1. The predicted octanol–water partition coefficient (Wildman–Crippen LogP) is -0.242. The minimum Gasteiger partial charge on any atom is -0.456 e. The second-order valence-corrected chi connectivity index (χ2v) is 4.74. The first-order valence-electron chi connectivity index (χ1n) is 6.92. The summed E-state index contributed by atoms with van der Waals surface area (Å²) in [4.78, 5) is 45.0. The molecule has 0 saturated carbocycles. The van der Waals surface area contributed by atoms with Crippen molar-refractivity contribution in [2.75, 3.05) is 6.61 Å². The molecule has 0 aliphatic carbocycles. The van der Waals surface area contributed by atoms with Crippen molar-refractivity contribution in [2.45, 2.75) is 13.5 Å². The molecule has 0 bridgehead atoms. The van der Waals surface area contributed by atoms with E-state index in [0.29, 0.717) is 5.70 Å². The normalized spacial score (nSPS) is 13.9. The van der Waals surface area contributed by atoms with Crippen molar-refractivity contribution in [3.05, 3.63) is 58.5 Å². The number of amides is 1. The van der Waals surface area contributed by atoms with Crippen molar-refractivity contribution in [3.8, 4) is 0 Å². The lowest BCUT2D eigenvalue weighted by Crippen LogP contribution is -2.36. The van der Waals surface area contributed by atoms with Crippen LogP contribution in [0.25, 0.3) is 0 Å². The smallest absolute Gasteiger partial charge is 0.456 e. The molecule has 0 radical (unpaired) electrons. The van der Waals surface area contributed by atoms with E-state index >= 15 is 0 Å². The van der Waals surface area contributed by atoms with Crippen LogP contribution in [0.2, 0.25) is 0 Å². The monoisotopic (exact) mass is 350 g/mol. The Morgan fingerprint density at radius 1 is 1.12 bits per heavy atom. The molecule has 0 spiro atoms. The maximum atomic E-state index is 11.5. The van der Waals surface area contributed by atoms with Crippen LogP contribution >= 0.6 is 0 Å². The number of ether oxygens (including phenoxy) is 2. The lowest BCUT2D eigenvalue weighted by atomic mass is 10.3. The zero-order valence-electron chi connectivity index (χ0n) is 13.1. The topological polar surface area (TPSA) is 137 Å². The molecule has 0 saturated heterocycles. The Hall–Kier alpha value is -3.56. The minimum atomic E-state index is -0.898. The second-order valence-electron chi connectivity index (χ2n) is 4.74. The fraction of sp³-hybridized carbons (Fsp3) is 0.200. The lowest BCUT2D eigenvalue weighted by molar-refractivity contribution is -0.141. The van der Waals surface area contributed by atoms with Gasteiger partial charge in [0.15, 0.2) is 18.1 Å². The second kappa shape index (κ2) is 7.81. The molecule has 2 N–H and O–H groups in total. The maximum Gasteiger partial charge on any atom is 0.519 e. The van der Waals surface area contributed by atoms with Crippen molar-refractivity contribution >= 4 is 17.8 Å². The van der Waals surface area contributed by atoms with Crippen molar-refractivity contribution in [1.29, 1.82) is 0 Å². The number of rotatable bonds is 6. The highest BCUT2D eigenvalue weighted by atomic mass is 16.6. The molecule has 10 heteroatoms. The Labute approximate surface area is 140 Å². The standard InChI is InChI=1S/C15H14N2O8/c1-8-11(25-15(21)24-8)7-23-14(20)4-3-13(19)22-6-10-5-12(18)17-9(2)16-10/h3-5,16H,2,6-7H2,1H3,(H,17,18)/b4-3+. The van der Waals surface area contributed by atoms with Crippen LogP contribution in [-0.2, 0) is 30.5 Å². The average Bonchev–Trinajstić information content (AvgIpc) is 2.85. The van der Waals surface area contributed by atoms with E-state index in [4.69, 9.17) is 9.47 Å². The molecular weight excluding hydrogens is 336 g/mol. The number of esters is 2. The van der Waals surface area contributed by atoms with E-state index in [9.17, 15) is 19.2 Å². The number of hydrogen-bond donors (Lipinski definition) is 2. The van der Waals surface area contributed by atoms with Crippen molar-refractivity contribution in [2.24, 2.45) is 0 Å². The summed E-state index contributed by atoms with van der Waals surface area (Å²) < 4.78 is 18.9. The summed E-state index contributed by atoms with van der Waals surface area (Å²) in [6, 6.07) is 0. The Bertz CT molecular complexity index is 827. The van der Waals surface area contributed by atoms with Crippen LogP contribution in [0.4, 0.5) is 0 Å². The third kappa shape index (κ3) is 5.53. The summed E-state index contributed by atoms with van der Waals surface area (Å²) in [6.07, 6.45) is 2.92. The molecule has 0 aromatic carbocycles. The number of nitrogens with one attached hydrogen (secondary N) is 2. The zero-order valence-corrected chi connectivity index (χ0v) is 13.1. The molecule has 1 amide bonds. The van der Waals surface area contributed by atoms with Crippen molar-refractivity contribution in [3.63, 3.8) is 0 Å². The fourth-order valence-electron chi connectivity index (χ4n) is 1.71. The summed E-state index contributed by atoms with van der Waals surface area (Å²) in [6.45, 7) is 4.48. The minimum absolute atomic E-state index is 0.0724. The van der Waals surface area contributed by atoms with Gasteiger partial charge < -0.3 is 28.9 Å². The van der Waals surface area contributed by atoms with Gasteiger partial charge in [0, 0.05) is 18.2 Å². The largest absolute Gasteiger partial charge is 0.519 e. The van der Waals surface area contributed by atoms with Crippen LogP contribution in [0.5, 0.6) is 0 Å². The Balaban J connectivity index is 1.76. The molecule has 2 rings (SSSR count). The molecule has 1 aliphatic rings. The van der Waals surface area contributed by atoms with Crippen LogP contribution in [0.3, 0.4) is 0 Å². The Kier molecular flexibility index (Phi) is 5.56. The fourth-order valence-corrected chi connectivity index (χ4v) is 1.71. The van der Waals surface area contributed by atoms with Gasteiger partial charge in [-0.15, -0.1) is 0 Å². The molecule has 1 aromatic heterocycles. The molecule has 2 heterocycles. The van der Waals surface area contributed by atoms with Crippen LogP contribution in [0, 0.1) is 6.92 Å². The van der Waals surface area contributed by atoms with Gasteiger partial charge in [-0.05, 0) is 6.92 Å². The van der Waals surface area contributed by atoms with Gasteiger partial charge in [0.25, 0.3) is 5.91 Å². The molecule has 25 heavy (non-hydrogen) atoms. The van der Waals surface area contributed by atoms with E-state index in [0.717, 1.165) is 12.2 Å². The summed E-state index contributed by atoms with van der Waals surface area (Å²) in [7, 11) is 0. The SMILES string of the molecule is C=C1NC(=O)C=C(COC(=O)/C=C/C(=O)OCc2oc(=O)oc2C)N1. The molecule has 132 valence electrons. The highest BCUT2D eigenvalue weighted by Gasteiger charge is 2.13. The lowest BCUT2D eigenvalue weighted by Gasteiger charge is -2.17. The van der Waals surface area contributed by atoms with Crippen LogP contribution < -0.4 is 16.5 Å². The van der Waals surface area contributed by atoms with E-state index in [1.807, 2.05) is 0 Å². The van der Waals surface area contributed by atoms with E-state index in [2.05, 4.69) is 26.0 Å². The van der Waals surface area contributed by atoms with Gasteiger partial charge in [-0.25, -0.2) is 14.4 Å². The summed E-state index contributed by atoms with van der Waals surface area (Å²) >= 11 is 0. The zero-order chi connectivity index (χ0) is 18.4. The van der Waals surface area contributed by atoms with E-state index in [-0.39, 0.29) is 30.6 Å². The molecule has 1 aromatic rings. The van der Waals surface area contributed by atoms with E-state index in [1.54, 1.807) is 0 Å². The van der Waals surface area contributed by atoms with Crippen LogP contribution in [0.1, 0.15) is 11.5 Å². The molecule has 0 atom stereocenters. The van der Waals surface area contributed by atoms with Gasteiger partial charge in [0.05, 0.1) is 5.70 Å². The average molecular weight is 350 g/mol. The van der Waals surface area contributed by atoms with E-state index in [1.165, 1.54) is 13.0 Å². The predicted molar refractivity (Wildman–Crippen MR) is 80.4 cm³/mol. The summed E-state index contributed by atoms with van der Waals surface area (Å²) in [5.74, 6) is -2.42. The maximum absolute atomic E-state index is 11.5. The van der Waals surface area contributed by atoms with Gasteiger partial charge in [-0.3, -0.25) is 4.79 Å². The third-order valence-corrected chi connectivity index (χ3v) is 2.80. The van der Waals surface area contributed by atoms with Gasteiger partial charge in [0.1, 0.15) is 12.4 Å². The first kappa shape index (κ1) is 17.8. The molecular formula is C15H14N2O8. The quantitative estimate of drug-likeness (QED) is 0.526. The van der Waals surface area contributed by atoms with Gasteiger partial charge in [-0.1, -0.05) is 6.58 Å². The first-order valence-corrected chi connectivity index (χ1v) is 6.92. The third-order valence-electron chi connectivity index (χ3n) is 2.80. The summed E-state index contributed by atoms with van der Waals surface area (Å²) in [5, 5.41) is 5.11. The van der Waals surface area contributed by atoms with Gasteiger partial charge in [0.2, 0.25) is 0 Å². The Morgan fingerprint density at radius 3 is 2.32 bits per heavy atom. The number of carbonyl (C=O) groups is 3. The van der Waals surface area contributed by atoms with E-state index < -0.39 is 23.7 Å². The van der Waals surface area contributed by atoms with Crippen molar-refractivity contribution < 1.29 is 32.7 Å². The molecule has 0 fully saturated rings. The highest BCUT2D eigenvalue weighted by Crippen LogP contribution is 2.06. The van der Waals surface area contributed by atoms with Gasteiger partial charge >= 0.3 is 17.8 Å². The Morgan fingerprint density at radius 2 is 1.76 bits per heavy atom. The van der Waals surface area contributed by atoms with Crippen LogP contribution in [-0.4, -0.2) is 24.5 Å². The van der Waals surface area contributed by atoms with Crippen molar-refractivity contribution in [1.82, 2.24) is 10.6 Å². The first-order chi connectivity index (χ1) is 11.8. The summed E-state index contributed by atoms with van der Waals surface area (Å²) in [5.41, 5.74) is 0.337.